The summed E-state index contributed by atoms with van der Waals surface area (Å²) in [4.78, 5) is 18.0. The molecule has 1 fully saturated rings. The Bertz CT molecular complexity index is 1090. The van der Waals surface area contributed by atoms with Gasteiger partial charge in [-0.15, -0.1) is 0 Å². The van der Waals surface area contributed by atoms with E-state index in [2.05, 4.69) is 15.2 Å². The maximum Gasteiger partial charge on any atom is 0.238 e. The van der Waals surface area contributed by atoms with Gasteiger partial charge >= 0.3 is 0 Å². The molecule has 2 aromatic heterocycles. The Morgan fingerprint density at radius 2 is 2.03 bits per heavy atom. The van der Waals surface area contributed by atoms with E-state index in [1.54, 1.807) is 41.6 Å². The number of likely N-dealkylation sites (tertiary alicyclic amines) is 1. The van der Waals surface area contributed by atoms with Gasteiger partial charge in [0, 0.05) is 19.3 Å². The number of carbonyl (C=O) groups is 1. The standard InChI is InChI=1S/C20H20N4O4S/c25-20(24-9-2-10-24)14-29(26,27)17-4-1-3-15(11-17)13-28-16-5-6-18(21-12-16)19-7-8-22-23-19/h1,3-8,11-12H,2,9-10,13-14H2,(H,22,23). The normalized spacial score (nSPS) is 13.7. The Balaban J connectivity index is 1.40. The molecule has 0 radical (unpaired) electrons. The molecule has 0 aliphatic carbocycles. The number of sulfone groups is 1. The molecule has 9 heteroatoms. The van der Waals surface area contributed by atoms with E-state index in [0.717, 1.165) is 17.8 Å². The number of benzene rings is 1. The SMILES string of the molecule is O=C(CS(=O)(=O)c1cccc(COc2ccc(-c3ccn[nH]3)nc2)c1)N1CCC1. The van der Waals surface area contributed by atoms with Crippen molar-refractivity contribution >= 4 is 15.7 Å². The van der Waals surface area contributed by atoms with Crippen molar-refractivity contribution in [2.75, 3.05) is 18.8 Å². The van der Waals surface area contributed by atoms with E-state index in [9.17, 15) is 13.2 Å². The summed E-state index contributed by atoms with van der Waals surface area (Å²) < 4.78 is 30.8. The first-order valence-corrected chi connectivity index (χ1v) is 10.8. The van der Waals surface area contributed by atoms with E-state index in [-0.39, 0.29) is 17.4 Å². The van der Waals surface area contributed by atoms with E-state index in [1.807, 2.05) is 12.1 Å². The number of pyridine rings is 1. The number of nitrogens with one attached hydrogen (secondary N) is 1. The van der Waals surface area contributed by atoms with Crippen molar-refractivity contribution in [1.29, 1.82) is 0 Å². The number of rotatable bonds is 7. The highest BCUT2D eigenvalue weighted by molar-refractivity contribution is 7.92. The summed E-state index contributed by atoms with van der Waals surface area (Å²) in [6.45, 7) is 1.46. The number of hydrogen-bond donors (Lipinski definition) is 1. The van der Waals surface area contributed by atoms with Gasteiger partial charge in [-0.3, -0.25) is 14.9 Å². The largest absolute Gasteiger partial charge is 0.487 e. The van der Waals surface area contributed by atoms with Crippen LogP contribution in [0.3, 0.4) is 0 Å². The van der Waals surface area contributed by atoms with Gasteiger partial charge in [0.1, 0.15) is 18.1 Å². The molecule has 0 saturated carbocycles. The Morgan fingerprint density at radius 3 is 2.69 bits per heavy atom. The van der Waals surface area contributed by atoms with Gasteiger partial charge in [-0.05, 0) is 42.3 Å². The van der Waals surface area contributed by atoms with Crippen molar-refractivity contribution in [2.24, 2.45) is 0 Å². The van der Waals surface area contributed by atoms with Crippen LogP contribution in [-0.4, -0.2) is 53.2 Å². The Hall–Kier alpha value is -3.20. The molecule has 1 saturated heterocycles. The first-order valence-electron chi connectivity index (χ1n) is 9.19. The molecule has 0 atom stereocenters. The number of nitrogens with zero attached hydrogens (tertiary/aromatic N) is 3. The van der Waals surface area contributed by atoms with Crippen molar-refractivity contribution in [3.63, 3.8) is 0 Å². The van der Waals surface area contributed by atoms with Gasteiger partial charge in [-0.25, -0.2) is 8.42 Å². The molecule has 29 heavy (non-hydrogen) atoms. The zero-order valence-corrected chi connectivity index (χ0v) is 16.4. The van der Waals surface area contributed by atoms with Crippen molar-refractivity contribution in [2.45, 2.75) is 17.9 Å². The fourth-order valence-electron chi connectivity index (χ4n) is 2.92. The molecule has 4 rings (SSSR count). The van der Waals surface area contributed by atoms with Gasteiger partial charge in [0.15, 0.2) is 9.84 Å². The average Bonchev–Trinajstić information content (AvgIpc) is 3.20. The molecule has 1 aliphatic rings. The summed E-state index contributed by atoms with van der Waals surface area (Å²) in [5.41, 5.74) is 2.25. The molecular formula is C20H20N4O4S. The molecule has 0 unspecified atom stereocenters. The minimum Gasteiger partial charge on any atom is -0.487 e. The number of amides is 1. The lowest BCUT2D eigenvalue weighted by atomic mass is 10.2. The fraction of sp³-hybridized carbons (Fsp3) is 0.250. The van der Waals surface area contributed by atoms with Crippen molar-refractivity contribution in [3.05, 3.63) is 60.4 Å². The lowest BCUT2D eigenvalue weighted by Gasteiger charge is -2.30. The van der Waals surface area contributed by atoms with Gasteiger partial charge < -0.3 is 9.64 Å². The smallest absolute Gasteiger partial charge is 0.238 e. The van der Waals surface area contributed by atoms with E-state index < -0.39 is 15.6 Å². The Kier molecular flexibility index (Phi) is 5.30. The van der Waals surface area contributed by atoms with Crippen LogP contribution in [0.25, 0.3) is 11.4 Å². The predicted molar refractivity (Wildman–Crippen MR) is 106 cm³/mol. The van der Waals surface area contributed by atoms with E-state index in [4.69, 9.17) is 4.74 Å². The summed E-state index contributed by atoms with van der Waals surface area (Å²) in [5, 5.41) is 6.73. The highest BCUT2D eigenvalue weighted by atomic mass is 32.2. The van der Waals surface area contributed by atoms with Crippen LogP contribution in [0.2, 0.25) is 0 Å². The van der Waals surface area contributed by atoms with Crippen LogP contribution in [0.15, 0.2) is 59.8 Å². The number of aromatic nitrogens is 3. The van der Waals surface area contributed by atoms with Gasteiger partial charge in [0.05, 0.1) is 22.5 Å². The molecule has 1 amide bonds. The van der Waals surface area contributed by atoms with Crippen LogP contribution in [0.4, 0.5) is 0 Å². The number of carbonyl (C=O) groups excluding carboxylic acids is 1. The Morgan fingerprint density at radius 1 is 1.17 bits per heavy atom. The first kappa shape index (κ1) is 19.1. The number of H-pyrrole nitrogens is 1. The topological polar surface area (TPSA) is 105 Å². The van der Waals surface area contributed by atoms with Gasteiger partial charge in [-0.2, -0.15) is 5.10 Å². The maximum absolute atomic E-state index is 12.6. The molecule has 0 spiro atoms. The van der Waals surface area contributed by atoms with Gasteiger partial charge in [0.25, 0.3) is 0 Å². The van der Waals surface area contributed by atoms with Gasteiger partial charge in [0.2, 0.25) is 5.91 Å². The van der Waals surface area contributed by atoms with E-state index in [0.29, 0.717) is 24.4 Å². The summed E-state index contributed by atoms with van der Waals surface area (Å²) in [5.74, 6) is -0.285. The highest BCUT2D eigenvalue weighted by Gasteiger charge is 2.26. The predicted octanol–water partition coefficient (Wildman–Crippen LogP) is 2.06. The van der Waals surface area contributed by atoms with Crippen molar-refractivity contribution in [3.8, 4) is 17.1 Å². The van der Waals surface area contributed by atoms with Crippen molar-refractivity contribution < 1.29 is 17.9 Å². The zero-order valence-electron chi connectivity index (χ0n) is 15.6. The fourth-order valence-corrected chi connectivity index (χ4v) is 4.21. The van der Waals surface area contributed by atoms with E-state index in [1.165, 1.54) is 6.07 Å². The minimum atomic E-state index is -3.69. The van der Waals surface area contributed by atoms with Crippen LogP contribution in [0, 0.1) is 0 Å². The summed E-state index contributed by atoms with van der Waals surface area (Å²) >= 11 is 0. The molecule has 3 aromatic rings. The maximum atomic E-state index is 12.6. The average molecular weight is 412 g/mol. The monoisotopic (exact) mass is 412 g/mol. The quantitative estimate of drug-likeness (QED) is 0.637. The number of ether oxygens (including phenoxy) is 1. The zero-order chi connectivity index (χ0) is 20.3. The molecule has 3 heterocycles. The molecule has 8 nitrogen and oxygen atoms in total. The van der Waals surface area contributed by atoms with Crippen LogP contribution in [-0.2, 0) is 21.2 Å². The van der Waals surface area contributed by atoms with Crippen molar-refractivity contribution in [1.82, 2.24) is 20.1 Å². The third kappa shape index (κ3) is 4.45. The number of hydrogen-bond acceptors (Lipinski definition) is 6. The lowest BCUT2D eigenvalue weighted by Crippen LogP contribution is -2.44. The van der Waals surface area contributed by atoms with E-state index >= 15 is 0 Å². The summed E-state index contributed by atoms with van der Waals surface area (Å²) in [7, 11) is -3.69. The molecular weight excluding hydrogens is 392 g/mol. The molecule has 1 aliphatic heterocycles. The lowest BCUT2D eigenvalue weighted by molar-refractivity contribution is -0.131. The molecule has 1 aromatic carbocycles. The minimum absolute atomic E-state index is 0.125. The Labute approximate surface area is 168 Å². The van der Waals surface area contributed by atoms with Crippen LogP contribution in [0.5, 0.6) is 5.75 Å². The second-order valence-corrected chi connectivity index (χ2v) is 8.77. The second-order valence-electron chi connectivity index (χ2n) is 6.78. The first-order chi connectivity index (χ1) is 14.0. The third-order valence-corrected chi connectivity index (χ3v) is 6.30. The summed E-state index contributed by atoms with van der Waals surface area (Å²) in [6, 6.07) is 11.9. The molecule has 1 N–H and O–H groups in total. The van der Waals surface area contributed by atoms with Gasteiger partial charge in [-0.1, -0.05) is 12.1 Å². The third-order valence-electron chi connectivity index (χ3n) is 4.70. The van der Waals surface area contributed by atoms with Crippen LogP contribution >= 0.6 is 0 Å². The summed E-state index contributed by atoms with van der Waals surface area (Å²) in [6.07, 6.45) is 4.18. The van der Waals surface area contributed by atoms with Crippen LogP contribution in [0.1, 0.15) is 12.0 Å². The molecule has 150 valence electrons. The highest BCUT2D eigenvalue weighted by Crippen LogP contribution is 2.20. The van der Waals surface area contributed by atoms with Crippen LogP contribution < -0.4 is 4.74 Å². The second kappa shape index (κ2) is 8.04. The number of aromatic amines is 1. The molecule has 0 bridgehead atoms.